The molecule has 7 nitrogen and oxygen atoms in total. The molecule has 132 valence electrons. The first-order valence-electron chi connectivity index (χ1n) is 7.50. The second-order valence-corrected chi connectivity index (χ2v) is 6.40. The van der Waals surface area contributed by atoms with Crippen molar-refractivity contribution >= 4 is 23.0 Å². The average Bonchev–Trinajstić information content (AvgIpc) is 3.10. The van der Waals surface area contributed by atoms with Crippen LogP contribution in [0.1, 0.15) is 16.1 Å². The number of aromatic nitrogens is 1. The Balaban J connectivity index is 1.61. The van der Waals surface area contributed by atoms with Gasteiger partial charge in [0.05, 0.1) is 12.0 Å². The SMILES string of the molecule is O=Cc1ccnc(OC/C=C/CNC(=O)CS(=O)Cc2ccco2)c1. The molecule has 0 bridgehead atoms. The lowest BCUT2D eigenvalue weighted by Gasteiger charge is -2.03. The summed E-state index contributed by atoms with van der Waals surface area (Å²) in [6.07, 6.45) is 7.15. The van der Waals surface area contributed by atoms with Gasteiger partial charge in [-0.2, -0.15) is 0 Å². The van der Waals surface area contributed by atoms with Gasteiger partial charge >= 0.3 is 0 Å². The molecular weight excluding hydrogens is 344 g/mol. The molecule has 0 saturated heterocycles. The van der Waals surface area contributed by atoms with Crippen molar-refractivity contribution < 1.29 is 23.0 Å². The minimum absolute atomic E-state index is 0.0759. The van der Waals surface area contributed by atoms with Crippen LogP contribution in [0.4, 0.5) is 0 Å². The van der Waals surface area contributed by atoms with E-state index < -0.39 is 10.8 Å². The topological polar surface area (TPSA) is 98.5 Å². The molecular formula is C17H18N2O5S. The third kappa shape index (κ3) is 7.13. The summed E-state index contributed by atoms with van der Waals surface area (Å²) in [5.41, 5.74) is 0.490. The smallest absolute Gasteiger partial charge is 0.232 e. The van der Waals surface area contributed by atoms with E-state index in [0.717, 1.165) is 6.29 Å². The molecule has 1 unspecified atom stereocenters. The molecule has 25 heavy (non-hydrogen) atoms. The highest BCUT2D eigenvalue weighted by Gasteiger charge is 2.09. The van der Waals surface area contributed by atoms with Gasteiger partial charge in [0.25, 0.3) is 0 Å². The fourth-order valence-corrected chi connectivity index (χ4v) is 2.81. The monoisotopic (exact) mass is 362 g/mol. The molecule has 0 fully saturated rings. The first kappa shape index (κ1) is 18.6. The molecule has 0 aliphatic rings. The first-order chi connectivity index (χ1) is 12.2. The maximum atomic E-state index is 11.8. The number of hydrogen-bond acceptors (Lipinski definition) is 6. The molecule has 0 aromatic carbocycles. The lowest BCUT2D eigenvalue weighted by molar-refractivity contribution is -0.118. The number of furan rings is 1. The van der Waals surface area contributed by atoms with E-state index in [0.29, 0.717) is 23.7 Å². The lowest BCUT2D eigenvalue weighted by Crippen LogP contribution is -2.28. The molecule has 1 atom stereocenters. The van der Waals surface area contributed by atoms with Crippen molar-refractivity contribution in [1.82, 2.24) is 10.3 Å². The van der Waals surface area contributed by atoms with Crippen molar-refractivity contribution in [3.8, 4) is 5.88 Å². The molecule has 0 aliphatic carbocycles. The van der Waals surface area contributed by atoms with Gasteiger partial charge in [0.1, 0.15) is 24.4 Å². The third-order valence-corrected chi connectivity index (χ3v) is 4.17. The second-order valence-electron chi connectivity index (χ2n) is 4.94. The van der Waals surface area contributed by atoms with Crippen LogP contribution in [0.2, 0.25) is 0 Å². The van der Waals surface area contributed by atoms with E-state index in [1.807, 2.05) is 0 Å². The van der Waals surface area contributed by atoms with Crippen LogP contribution in [0.15, 0.2) is 53.3 Å². The van der Waals surface area contributed by atoms with Gasteiger partial charge in [-0.25, -0.2) is 4.98 Å². The van der Waals surface area contributed by atoms with Crippen molar-refractivity contribution in [3.63, 3.8) is 0 Å². The summed E-state index contributed by atoms with van der Waals surface area (Å²) in [5, 5.41) is 2.64. The Morgan fingerprint density at radius 2 is 2.24 bits per heavy atom. The quantitative estimate of drug-likeness (QED) is 0.508. The Kier molecular flexibility index (Phi) is 7.58. The predicted octanol–water partition coefficient (Wildman–Crippen LogP) is 1.49. The Bertz CT molecular complexity index is 743. The fraction of sp³-hybridized carbons (Fsp3) is 0.235. The van der Waals surface area contributed by atoms with Gasteiger partial charge in [-0.1, -0.05) is 6.08 Å². The van der Waals surface area contributed by atoms with Gasteiger partial charge in [0, 0.05) is 35.2 Å². The van der Waals surface area contributed by atoms with Crippen molar-refractivity contribution in [2.24, 2.45) is 0 Å². The van der Waals surface area contributed by atoms with Crippen molar-refractivity contribution in [2.75, 3.05) is 18.9 Å². The summed E-state index contributed by atoms with van der Waals surface area (Å²) in [6.45, 7) is 0.567. The van der Waals surface area contributed by atoms with Crippen LogP contribution < -0.4 is 10.1 Å². The van der Waals surface area contributed by atoms with Crippen molar-refractivity contribution in [3.05, 3.63) is 60.2 Å². The molecule has 1 N–H and O–H groups in total. The van der Waals surface area contributed by atoms with E-state index in [-0.39, 0.29) is 24.0 Å². The zero-order valence-corrected chi connectivity index (χ0v) is 14.2. The second kappa shape index (κ2) is 10.2. The minimum atomic E-state index is -1.31. The van der Waals surface area contributed by atoms with Crippen LogP contribution in [0.5, 0.6) is 5.88 Å². The van der Waals surface area contributed by atoms with E-state index in [1.165, 1.54) is 18.5 Å². The van der Waals surface area contributed by atoms with Crippen LogP contribution >= 0.6 is 0 Å². The molecule has 2 rings (SSSR count). The van der Waals surface area contributed by atoms with Crippen LogP contribution in [0.3, 0.4) is 0 Å². The van der Waals surface area contributed by atoms with Gasteiger partial charge in [0.2, 0.25) is 11.8 Å². The maximum absolute atomic E-state index is 11.8. The molecule has 0 spiro atoms. The van der Waals surface area contributed by atoms with Gasteiger partial charge in [-0.05, 0) is 24.3 Å². The molecule has 1 amide bonds. The molecule has 2 aromatic heterocycles. The fourth-order valence-electron chi connectivity index (χ4n) is 1.84. The van der Waals surface area contributed by atoms with Gasteiger partial charge in [-0.15, -0.1) is 0 Å². The zero-order chi connectivity index (χ0) is 17.9. The number of ether oxygens (including phenoxy) is 1. The molecule has 0 saturated carbocycles. The molecule has 8 heteroatoms. The number of rotatable bonds is 10. The lowest BCUT2D eigenvalue weighted by atomic mass is 10.3. The van der Waals surface area contributed by atoms with Crippen LogP contribution in [-0.4, -0.2) is 40.3 Å². The standard InChI is InChI=1S/C17H18N2O5S/c20-11-14-5-7-19-17(10-14)24-8-2-1-6-18-16(21)13-25(22)12-15-4-3-9-23-15/h1-5,7,9-11H,6,8,12-13H2,(H,18,21)/b2-1+. The first-order valence-corrected chi connectivity index (χ1v) is 8.99. The number of aldehydes is 1. The summed E-state index contributed by atoms with van der Waals surface area (Å²) in [7, 11) is -1.31. The van der Waals surface area contributed by atoms with E-state index in [1.54, 1.807) is 30.4 Å². The normalized spacial score (nSPS) is 12.0. The van der Waals surface area contributed by atoms with E-state index in [2.05, 4.69) is 10.3 Å². The molecule has 0 radical (unpaired) electrons. The number of nitrogens with zero attached hydrogens (tertiary/aromatic N) is 1. The van der Waals surface area contributed by atoms with Crippen LogP contribution in [0, 0.1) is 0 Å². The van der Waals surface area contributed by atoms with E-state index in [9.17, 15) is 13.8 Å². The average molecular weight is 362 g/mol. The summed E-state index contributed by atoms with van der Waals surface area (Å²) < 4.78 is 22.2. The number of hydrogen-bond donors (Lipinski definition) is 1. The molecule has 0 aliphatic heterocycles. The van der Waals surface area contributed by atoms with Crippen molar-refractivity contribution in [2.45, 2.75) is 5.75 Å². The highest BCUT2D eigenvalue weighted by molar-refractivity contribution is 7.84. The van der Waals surface area contributed by atoms with Gasteiger partial charge < -0.3 is 14.5 Å². The van der Waals surface area contributed by atoms with E-state index in [4.69, 9.17) is 9.15 Å². The minimum Gasteiger partial charge on any atom is -0.473 e. The van der Waals surface area contributed by atoms with Gasteiger partial charge in [0.15, 0.2) is 0 Å². The third-order valence-electron chi connectivity index (χ3n) is 2.98. The highest BCUT2D eigenvalue weighted by Crippen LogP contribution is 2.07. The number of carbonyl (C=O) groups is 2. The van der Waals surface area contributed by atoms with Crippen LogP contribution in [-0.2, 0) is 21.3 Å². The Morgan fingerprint density at radius 3 is 3.00 bits per heavy atom. The molecule has 2 aromatic rings. The summed E-state index contributed by atoms with van der Waals surface area (Å²) in [5.74, 6) is 0.794. The zero-order valence-electron chi connectivity index (χ0n) is 13.4. The Labute approximate surface area is 147 Å². The molecule has 2 heterocycles. The maximum Gasteiger partial charge on any atom is 0.232 e. The number of pyridine rings is 1. The summed E-state index contributed by atoms with van der Waals surface area (Å²) in [6, 6.07) is 6.56. The van der Waals surface area contributed by atoms with E-state index >= 15 is 0 Å². The van der Waals surface area contributed by atoms with Gasteiger partial charge in [-0.3, -0.25) is 13.8 Å². The number of carbonyl (C=O) groups excluding carboxylic acids is 2. The Hall–Kier alpha value is -2.74. The highest BCUT2D eigenvalue weighted by atomic mass is 32.2. The largest absolute Gasteiger partial charge is 0.473 e. The summed E-state index contributed by atoms with van der Waals surface area (Å²) >= 11 is 0. The Morgan fingerprint density at radius 1 is 1.36 bits per heavy atom. The predicted molar refractivity (Wildman–Crippen MR) is 92.7 cm³/mol. The van der Waals surface area contributed by atoms with Crippen molar-refractivity contribution in [1.29, 1.82) is 0 Å². The summed E-state index contributed by atoms with van der Waals surface area (Å²) in [4.78, 5) is 26.3. The number of amides is 1. The number of nitrogens with one attached hydrogen (secondary N) is 1. The van der Waals surface area contributed by atoms with Crippen LogP contribution in [0.25, 0.3) is 0 Å².